The van der Waals surface area contributed by atoms with Gasteiger partial charge in [0.1, 0.15) is 11.6 Å². The number of hydrogen-bond acceptors (Lipinski definition) is 6. The van der Waals surface area contributed by atoms with Crippen LogP contribution in [-0.4, -0.2) is 65.0 Å². The van der Waals surface area contributed by atoms with Crippen molar-refractivity contribution in [2.75, 3.05) is 45.2 Å². The highest BCUT2D eigenvalue weighted by Crippen LogP contribution is 2.32. The Morgan fingerprint density at radius 3 is 2.66 bits per heavy atom. The van der Waals surface area contributed by atoms with Crippen LogP contribution >= 0.6 is 0 Å². The van der Waals surface area contributed by atoms with Gasteiger partial charge in [-0.25, -0.2) is 9.97 Å². The molecule has 2 aromatic rings. The number of anilines is 1. The molecule has 1 fully saturated rings. The van der Waals surface area contributed by atoms with Gasteiger partial charge in [-0.3, -0.25) is 9.88 Å². The fraction of sp³-hybridized carbons (Fsp3) is 0.609. The highest BCUT2D eigenvalue weighted by Gasteiger charge is 2.25. The molecule has 29 heavy (non-hydrogen) atoms. The highest BCUT2D eigenvalue weighted by molar-refractivity contribution is 5.40. The molecule has 6 heteroatoms. The molecule has 6 nitrogen and oxygen atoms in total. The van der Waals surface area contributed by atoms with E-state index in [1.807, 2.05) is 27.0 Å². The van der Waals surface area contributed by atoms with Crippen molar-refractivity contribution in [3.63, 3.8) is 0 Å². The van der Waals surface area contributed by atoms with Gasteiger partial charge in [-0.2, -0.15) is 0 Å². The van der Waals surface area contributed by atoms with Crippen molar-refractivity contribution >= 4 is 5.82 Å². The summed E-state index contributed by atoms with van der Waals surface area (Å²) in [4.78, 5) is 21.3. The zero-order valence-electron chi connectivity index (χ0n) is 18.7. The van der Waals surface area contributed by atoms with Crippen molar-refractivity contribution < 1.29 is 0 Å². The molecule has 1 aliphatic carbocycles. The molecule has 1 unspecified atom stereocenters. The van der Waals surface area contributed by atoms with Gasteiger partial charge in [0.15, 0.2) is 0 Å². The molecule has 4 rings (SSSR count). The second-order valence-electron chi connectivity index (χ2n) is 7.93. The zero-order valence-corrected chi connectivity index (χ0v) is 18.7. The predicted molar refractivity (Wildman–Crippen MR) is 119 cm³/mol. The molecule has 0 aromatic carbocycles. The van der Waals surface area contributed by atoms with E-state index in [4.69, 9.17) is 15.0 Å². The third kappa shape index (κ3) is 5.31. The number of pyridine rings is 1. The van der Waals surface area contributed by atoms with E-state index in [2.05, 4.69) is 47.0 Å². The summed E-state index contributed by atoms with van der Waals surface area (Å²) in [6.07, 6.45) is 5.46. The predicted octanol–water partition coefficient (Wildman–Crippen LogP) is 3.47. The number of fused-ring (bicyclic) bond motifs is 1. The van der Waals surface area contributed by atoms with Gasteiger partial charge in [0.05, 0.1) is 17.4 Å². The fourth-order valence-corrected chi connectivity index (χ4v) is 4.27. The van der Waals surface area contributed by atoms with Crippen molar-refractivity contribution in [3.05, 3.63) is 47.2 Å². The smallest absolute Gasteiger partial charge is 0.132 e. The summed E-state index contributed by atoms with van der Waals surface area (Å²) in [7, 11) is 4.38. The summed E-state index contributed by atoms with van der Waals surface area (Å²) >= 11 is 0. The van der Waals surface area contributed by atoms with E-state index < -0.39 is 0 Å². The molecule has 0 spiro atoms. The summed E-state index contributed by atoms with van der Waals surface area (Å²) in [5, 5.41) is 0. The number of hydrogen-bond donors (Lipinski definition) is 0. The van der Waals surface area contributed by atoms with E-state index in [1.54, 1.807) is 0 Å². The second-order valence-corrected chi connectivity index (χ2v) is 7.93. The molecular formula is C23H36N6. The van der Waals surface area contributed by atoms with E-state index in [-0.39, 0.29) is 0 Å². The SMILES string of the molecule is CC.Cc1nc(CN(C)C2CCCc3cccnc32)cc(N2CCN(C)CC2)n1. The number of aromatic nitrogens is 3. The van der Waals surface area contributed by atoms with Gasteiger partial charge in [-0.15, -0.1) is 0 Å². The van der Waals surface area contributed by atoms with Crippen LogP contribution in [0, 0.1) is 6.92 Å². The lowest BCUT2D eigenvalue weighted by Crippen LogP contribution is -2.45. The van der Waals surface area contributed by atoms with E-state index in [0.29, 0.717) is 6.04 Å². The standard InChI is InChI=1S/C21H30N6.C2H6/c1-16-23-18(14-20(24-16)27-12-10-25(2)11-13-27)15-26(3)19-8-4-6-17-7-5-9-22-21(17)19;1-2/h5,7,9,14,19H,4,6,8,10-13,15H2,1-3H3;1-2H3. The van der Waals surface area contributed by atoms with E-state index in [1.165, 1.54) is 17.7 Å². The van der Waals surface area contributed by atoms with Crippen LogP contribution in [0.2, 0.25) is 0 Å². The maximum atomic E-state index is 4.72. The van der Waals surface area contributed by atoms with Crippen LogP contribution in [-0.2, 0) is 13.0 Å². The van der Waals surface area contributed by atoms with Gasteiger partial charge in [0, 0.05) is 45.0 Å². The quantitative estimate of drug-likeness (QED) is 0.789. The van der Waals surface area contributed by atoms with Crippen molar-refractivity contribution in [2.45, 2.75) is 52.6 Å². The Morgan fingerprint density at radius 1 is 1.14 bits per heavy atom. The molecule has 0 radical (unpaired) electrons. The molecule has 0 bridgehead atoms. The number of piperazine rings is 1. The van der Waals surface area contributed by atoms with Gasteiger partial charge in [-0.1, -0.05) is 19.9 Å². The summed E-state index contributed by atoms with van der Waals surface area (Å²) in [6, 6.07) is 6.83. The van der Waals surface area contributed by atoms with Crippen LogP contribution in [0.4, 0.5) is 5.82 Å². The molecule has 1 atom stereocenters. The van der Waals surface area contributed by atoms with Gasteiger partial charge in [0.25, 0.3) is 0 Å². The zero-order chi connectivity index (χ0) is 20.8. The Hall–Kier alpha value is -2.05. The van der Waals surface area contributed by atoms with Crippen molar-refractivity contribution in [1.29, 1.82) is 0 Å². The highest BCUT2D eigenvalue weighted by atomic mass is 15.3. The van der Waals surface area contributed by atoms with Crippen LogP contribution in [0.5, 0.6) is 0 Å². The average molecular weight is 397 g/mol. The minimum atomic E-state index is 0.373. The van der Waals surface area contributed by atoms with Gasteiger partial charge in [-0.05, 0) is 51.9 Å². The lowest BCUT2D eigenvalue weighted by molar-refractivity contribution is 0.206. The summed E-state index contributed by atoms with van der Waals surface area (Å²) in [5.74, 6) is 1.93. The minimum absolute atomic E-state index is 0.373. The van der Waals surface area contributed by atoms with Crippen molar-refractivity contribution in [2.24, 2.45) is 0 Å². The van der Waals surface area contributed by atoms with Crippen LogP contribution < -0.4 is 4.90 Å². The fourth-order valence-electron chi connectivity index (χ4n) is 4.27. The molecule has 0 amide bonds. The molecule has 0 saturated carbocycles. The number of aryl methyl sites for hydroxylation is 2. The molecule has 1 saturated heterocycles. The lowest BCUT2D eigenvalue weighted by atomic mass is 9.91. The molecule has 158 valence electrons. The number of rotatable bonds is 4. The summed E-state index contributed by atoms with van der Waals surface area (Å²) in [5.41, 5.74) is 3.75. The number of nitrogens with zero attached hydrogens (tertiary/aromatic N) is 6. The Morgan fingerprint density at radius 2 is 1.90 bits per heavy atom. The van der Waals surface area contributed by atoms with Crippen LogP contribution in [0.3, 0.4) is 0 Å². The van der Waals surface area contributed by atoms with Gasteiger partial charge in [0.2, 0.25) is 0 Å². The Balaban J connectivity index is 0.00000117. The Labute approximate surface area is 176 Å². The molecule has 3 heterocycles. The van der Waals surface area contributed by atoms with E-state index >= 15 is 0 Å². The van der Waals surface area contributed by atoms with E-state index in [9.17, 15) is 0 Å². The van der Waals surface area contributed by atoms with Gasteiger partial charge < -0.3 is 9.80 Å². The van der Waals surface area contributed by atoms with E-state index in [0.717, 1.165) is 62.9 Å². The average Bonchev–Trinajstić information content (AvgIpc) is 2.75. The van der Waals surface area contributed by atoms with Crippen molar-refractivity contribution in [3.8, 4) is 0 Å². The summed E-state index contributed by atoms with van der Waals surface area (Å²) in [6.45, 7) is 11.1. The first-order chi connectivity index (χ1) is 14.1. The van der Waals surface area contributed by atoms with Crippen LogP contribution in [0.15, 0.2) is 24.4 Å². The van der Waals surface area contributed by atoms with Crippen molar-refractivity contribution in [1.82, 2.24) is 24.8 Å². The second kappa shape index (κ2) is 10.1. The number of likely N-dealkylation sites (N-methyl/N-ethyl adjacent to an activating group) is 1. The first kappa shape index (κ1) is 21.7. The largest absolute Gasteiger partial charge is 0.354 e. The maximum Gasteiger partial charge on any atom is 0.132 e. The topological polar surface area (TPSA) is 48.4 Å². The molecular weight excluding hydrogens is 360 g/mol. The van der Waals surface area contributed by atoms with Gasteiger partial charge >= 0.3 is 0 Å². The third-order valence-electron chi connectivity index (χ3n) is 5.81. The first-order valence-electron chi connectivity index (χ1n) is 11.0. The maximum absolute atomic E-state index is 4.72. The summed E-state index contributed by atoms with van der Waals surface area (Å²) < 4.78 is 0. The van der Waals surface area contributed by atoms with Crippen LogP contribution in [0.25, 0.3) is 0 Å². The monoisotopic (exact) mass is 396 g/mol. The van der Waals surface area contributed by atoms with Crippen LogP contribution in [0.1, 0.15) is 55.5 Å². The Bertz CT molecular complexity index is 785. The third-order valence-corrected chi connectivity index (χ3v) is 5.81. The lowest BCUT2D eigenvalue weighted by Gasteiger charge is -2.34. The first-order valence-corrected chi connectivity index (χ1v) is 11.0. The molecule has 0 N–H and O–H groups in total. The molecule has 2 aromatic heterocycles. The normalized spacial score (nSPS) is 19.5. The minimum Gasteiger partial charge on any atom is -0.354 e. The Kier molecular flexibility index (Phi) is 7.56. The molecule has 1 aliphatic heterocycles. The molecule has 2 aliphatic rings.